The highest BCUT2D eigenvalue weighted by Crippen LogP contribution is 2.34. The van der Waals surface area contributed by atoms with Crippen LogP contribution in [0.2, 0.25) is 0 Å². The summed E-state index contributed by atoms with van der Waals surface area (Å²) in [6.45, 7) is 0.327. The molecule has 0 heterocycles. The molecule has 19 heavy (non-hydrogen) atoms. The molecule has 0 aliphatic rings. The van der Waals surface area contributed by atoms with E-state index in [4.69, 9.17) is 0 Å². The van der Waals surface area contributed by atoms with Crippen LogP contribution in [-0.2, 0) is 6.54 Å². The molecule has 0 saturated carbocycles. The smallest absolute Gasteiger partial charge is 0.126 e. The Bertz CT molecular complexity index is 574. The highest BCUT2D eigenvalue weighted by atomic mass is 79.9. The predicted molar refractivity (Wildman–Crippen MR) is 83.2 cm³/mol. The van der Waals surface area contributed by atoms with Crippen molar-refractivity contribution in [3.63, 3.8) is 0 Å². The van der Waals surface area contributed by atoms with E-state index in [0.717, 1.165) is 25.2 Å². The van der Waals surface area contributed by atoms with Gasteiger partial charge in [0.25, 0.3) is 0 Å². The second kappa shape index (κ2) is 6.33. The van der Waals surface area contributed by atoms with Crippen molar-refractivity contribution < 1.29 is 8.78 Å². The minimum atomic E-state index is -0.578. The standard InChI is InChI=1S/C13H8Br3F2N/c14-8-3-11(15)13(12(16)4-8)19-6-7-1-9(17)5-10(18)2-7/h1-5,19H,6H2. The largest absolute Gasteiger partial charge is 0.379 e. The molecule has 2 aromatic rings. The minimum absolute atomic E-state index is 0.327. The van der Waals surface area contributed by atoms with Gasteiger partial charge in [0.15, 0.2) is 0 Å². The number of anilines is 1. The third-order valence-electron chi connectivity index (χ3n) is 2.40. The van der Waals surface area contributed by atoms with Crippen LogP contribution in [0.5, 0.6) is 0 Å². The van der Waals surface area contributed by atoms with E-state index in [1.165, 1.54) is 12.1 Å². The van der Waals surface area contributed by atoms with Gasteiger partial charge in [0.05, 0.1) is 5.69 Å². The molecular weight excluding hydrogens is 448 g/mol. The molecule has 6 heteroatoms. The SMILES string of the molecule is Fc1cc(F)cc(CNc2c(Br)cc(Br)cc2Br)c1. The normalized spacial score (nSPS) is 10.6. The van der Waals surface area contributed by atoms with Crippen molar-refractivity contribution in [2.45, 2.75) is 6.54 Å². The van der Waals surface area contributed by atoms with Gasteiger partial charge >= 0.3 is 0 Å². The van der Waals surface area contributed by atoms with Crippen molar-refractivity contribution in [1.29, 1.82) is 0 Å². The number of hydrogen-bond acceptors (Lipinski definition) is 1. The molecule has 0 aromatic heterocycles. The average molecular weight is 456 g/mol. The lowest BCUT2D eigenvalue weighted by molar-refractivity contribution is 0.580. The highest BCUT2D eigenvalue weighted by molar-refractivity contribution is 9.11. The molecule has 0 atom stereocenters. The van der Waals surface area contributed by atoms with E-state index in [2.05, 4.69) is 53.1 Å². The molecule has 2 aromatic carbocycles. The van der Waals surface area contributed by atoms with E-state index in [9.17, 15) is 8.78 Å². The number of halogens is 5. The first-order valence-electron chi connectivity index (χ1n) is 5.29. The number of hydrogen-bond donors (Lipinski definition) is 1. The predicted octanol–water partition coefficient (Wildman–Crippen LogP) is 5.86. The molecule has 2 rings (SSSR count). The van der Waals surface area contributed by atoms with Crippen molar-refractivity contribution in [3.8, 4) is 0 Å². The monoisotopic (exact) mass is 453 g/mol. The van der Waals surface area contributed by atoms with Crippen molar-refractivity contribution in [2.75, 3.05) is 5.32 Å². The maximum atomic E-state index is 13.1. The zero-order chi connectivity index (χ0) is 14.0. The Labute approximate surface area is 134 Å². The lowest BCUT2D eigenvalue weighted by atomic mass is 10.2. The van der Waals surface area contributed by atoms with Crippen molar-refractivity contribution in [2.24, 2.45) is 0 Å². The first-order valence-corrected chi connectivity index (χ1v) is 7.67. The molecule has 0 aliphatic carbocycles. The highest BCUT2D eigenvalue weighted by Gasteiger charge is 2.07. The molecule has 100 valence electrons. The summed E-state index contributed by atoms with van der Waals surface area (Å²) >= 11 is 10.2. The maximum absolute atomic E-state index is 13.1. The van der Waals surface area contributed by atoms with Gasteiger partial charge in [-0.15, -0.1) is 0 Å². The molecule has 0 fully saturated rings. The Morgan fingerprint density at radius 2 is 1.37 bits per heavy atom. The van der Waals surface area contributed by atoms with Crippen LogP contribution in [0.1, 0.15) is 5.56 Å². The van der Waals surface area contributed by atoms with E-state index in [1.54, 1.807) is 0 Å². The molecule has 0 bridgehead atoms. The number of nitrogens with one attached hydrogen (secondary N) is 1. The second-order valence-corrected chi connectivity index (χ2v) is 6.50. The van der Waals surface area contributed by atoms with Crippen LogP contribution in [0.25, 0.3) is 0 Å². The van der Waals surface area contributed by atoms with Gasteiger partial charge in [-0.1, -0.05) is 15.9 Å². The average Bonchev–Trinajstić information content (AvgIpc) is 2.25. The summed E-state index contributed by atoms with van der Waals surface area (Å²) in [6.07, 6.45) is 0. The van der Waals surface area contributed by atoms with Crippen LogP contribution in [0, 0.1) is 11.6 Å². The van der Waals surface area contributed by atoms with Gasteiger partial charge in [-0.25, -0.2) is 8.78 Å². The summed E-state index contributed by atoms with van der Waals surface area (Å²) < 4.78 is 28.8. The molecule has 0 unspecified atom stereocenters. The van der Waals surface area contributed by atoms with Gasteiger partial charge in [0.2, 0.25) is 0 Å². The molecule has 0 aliphatic heterocycles. The van der Waals surface area contributed by atoms with E-state index < -0.39 is 11.6 Å². The Balaban J connectivity index is 2.19. The Hall–Kier alpha value is -0.460. The fourth-order valence-corrected chi connectivity index (χ4v) is 4.15. The molecule has 0 amide bonds. The second-order valence-electron chi connectivity index (χ2n) is 3.88. The Morgan fingerprint density at radius 1 is 0.842 bits per heavy atom. The van der Waals surface area contributed by atoms with Gasteiger partial charge in [-0.05, 0) is 61.7 Å². The number of benzene rings is 2. The molecule has 0 spiro atoms. The van der Waals surface area contributed by atoms with Gasteiger partial charge in [0.1, 0.15) is 11.6 Å². The summed E-state index contributed by atoms with van der Waals surface area (Å²) in [4.78, 5) is 0. The van der Waals surface area contributed by atoms with Crippen LogP contribution in [0.3, 0.4) is 0 Å². The lowest BCUT2D eigenvalue weighted by Gasteiger charge is -2.11. The van der Waals surface area contributed by atoms with Gasteiger partial charge in [-0.3, -0.25) is 0 Å². The van der Waals surface area contributed by atoms with Crippen LogP contribution in [0.15, 0.2) is 43.7 Å². The van der Waals surface area contributed by atoms with Gasteiger partial charge in [0, 0.05) is 26.0 Å². The molecule has 0 radical (unpaired) electrons. The Morgan fingerprint density at radius 3 is 1.89 bits per heavy atom. The van der Waals surface area contributed by atoms with Crippen molar-refractivity contribution >= 4 is 53.5 Å². The zero-order valence-corrected chi connectivity index (χ0v) is 14.2. The van der Waals surface area contributed by atoms with Crippen molar-refractivity contribution in [1.82, 2.24) is 0 Å². The number of rotatable bonds is 3. The third-order valence-corrected chi connectivity index (χ3v) is 4.11. The van der Waals surface area contributed by atoms with Crippen molar-refractivity contribution in [3.05, 3.63) is 60.9 Å². The Kier molecular flexibility index (Phi) is 4.97. The van der Waals surface area contributed by atoms with Crippen LogP contribution in [-0.4, -0.2) is 0 Å². The summed E-state index contributed by atoms with van der Waals surface area (Å²) in [5, 5.41) is 3.13. The quantitative estimate of drug-likeness (QED) is 0.611. The molecule has 0 saturated heterocycles. The molecular formula is C13H8Br3F2N. The summed E-state index contributed by atoms with van der Waals surface area (Å²) in [7, 11) is 0. The van der Waals surface area contributed by atoms with Gasteiger partial charge in [-0.2, -0.15) is 0 Å². The summed E-state index contributed by atoms with van der Waals surface area (Å²) in [5.41, 5.74) is 1.37. The van der Waals surface area contributed by atoms with E-state index in [0.29, 0.717) is 12.1 Å². The summed E-state index contributed by atoms with van der Waals surface area (Å²) in [5.74, 6) is -1.16. The fourth-order valence-electron chi connectivity index (χ4n) is 1.61. The van der Waals surface area contributed by atoms with E-state index in [-0.39, 0.29) is 0 Å². The topological polar surface area (TPSA) is 12.0 Å². The van der Waals surface area contributed by atoms with E-state index in [1.807, 2.05) is 12.1 Å². The molecule has 1 nitrogen and oxygen atoms in total. The minimum Gasteiger partial charge on any atom is -0.379 e. The molecule has 1 N–H and O–H groups in total. The van der Waals surface area contributed by atoms with Crippen LogP contribution >= 0.6 is 47.8 Å². The van der Waals surface area contributed by atoms with Crippen LogP contribution in [0.4, 0.5) is 14.5 Å². The zero-order valence-electron chi connectivity index (χ0n) is 9.48. The lowest BCUT2D eigenvalue weighted by Crippen LogP contribution is -2.02. The maximum Gasteiger partial charge on any atom is 0.126 e. The van der Waals surface area contributed by atoms with Crippen LogP contribution < -0.4 is 5.32 Å². The third kappa shape index (κ3) is 4.00. The summed E-state index contributed by atoms with van der Waals surface area (Å²) in [6, 6.07) is 7.24. The first kappa shape index (κ1) is 14.9. The van der Waals surface area contributed by atoms with Gasteiger partial charge < -0.3 is 5.32 Å². The first-order chi connectivity index (χ1) is 8.95. The van der Waals surface area contributed by atoms with E-state index >= 15 is 0 Å². The fraction of sp³-hybridized carbons (Fsp3) is 0.0769.